The maximum atomic E-state index is 11.5. The number of hydrogen-bond acceptors (Lipinski definition) is 6. The number of aromatic nitrogens is 2. The van der Waals surface area contributed by atoms with Crippen molar-refractivity contribution in [1.82, 2.24) is 15.3 Å². The molecule has 7 heteroatoms. The number of thiophene rings is 1. The van der Waals surface area contributed by atoms with Crippen LogP contribution in [0, 0.1) is 0 Å². The summed E-state index contributed by atoms with van der Waals surface area (Å²) in [6.45, 7) is 3.21. The Bertz CT molecular complexity index is 568. The molecule has 2 aromatic heterocycles. The topological polar surface area (TPSA) is 92.9 Å². The normalized spacial score (nSPS) is 10.6. The van der Waals surface area contributed by atoms with E-state index in [1.54, 1.807) is 11.3 Å². The highest BCUT2D eigenvalue weighted by Crippen LogP contribution is 2.28. The van der Waals surface area contributed by atoms with Gasteiger partial charge in [-0.25, -0.2) is 9.97 Å². The second-order valence-electron chi connectivity index (χ2n) is 4.00. The van der Waals surface area contributed by atoms with Gasteiger partial charge in [0.25, 0.3) is 0 Å². The fourth-order valence-corrected chi connectivity index (χ4v) is 2.59. The number of anilines is 1. The van der Waals surface area contributed by atoms with E-state index in [1.807, 2.05) is 0 Å². The standard InChI is InChI=1S/C12H17N5OS/c1-2-8-5-9-11(16-7-17-12(9)19-8)15-6-10(18)14-4-3-13/h5,7H,2-4,6,13H2,1H3,(H,14,18)(H,15,16,17). The Kier molecular flexibility index (Phi) is 4.64. The first-order valence-electron chi connectivity index (χ1n) is 6.18. The fourth-order valence-electron chi connectivity index (χ4n) is 1.66. The van der Waals surface area contributed by atoms with Gasteiger partial charge in [0.1, 0.15) is 17.0 Å². The van der Waals surface area contributed by atoms with Crippen LogP contribution >= 0.6 is 11.3 Å². The lowest BCUT2D eigenvalue weighted by Crippen LogP contribution is -2.33. The molecule has 1 amide bonds. The molecule has 2 rings (SSSR count). The Balaban J connectivity index is 2.07. The highest BCUT2D eigenvalue weighted by atomic mass is 32.1. The fraction of sp³-hybridized carbons (Fsp3) is 0.417. The first kappa shape index (κ1) is 13.7. The number of rotatable bonds is 6. The van der Waals surface area contributed by atoms with Crippen LogP contribution in [0.2, 0.25) is 0 Å². The largest absolute Gasteiger partial charge is 0.360 e. The van der Waals surface area contributed by atoms with Crippen LogP contribution in [0.5, 0.6) is 0 Å². The summed E-state index contributed by atoms with van der Waals surface area (Å²) in [5.74, 6) is 0.604. The van der Waals surface area contributed by atoms with Gasteiger partial charge in [0.15, 0.2) is 0 Å². The number of aryl methyl sites for hydroxylation is 1. The highest BCUT2D eigenvalue weighted by Gasteiger charge is 2.08. The van der Waals surface area contributed by atoms with E-state index < -0.39 is 0 Å². The number of carbonyl (C=O) groups is 1. The maximum Gasteiger partial charge on any atom is 0.239 e. The second-order valence-corrected chi connectivity index (χ2v) is 5.11. The van der Waals surface area contributed by atoms with Crippen molar-refractivity contribution < 1.29 is 4.79 Å². The van der Waals surface area contributed by atoms with Crippen molar-refractivity contribution in [1.29, 1.82) is 0 Å². The smallest absolute Gasteiger partial charge is 0.239 e. The number of hydrogen-bond donors (Lipinski definition) is 3. The Morgan fingerprint density at radius 2 is 2.32 bits per heavy atom. The molecule has 0 unspecified atom stereocenters. The molecule has 0 spiro atoms. The van der Waals surface area contributed by atoms with Gasteiger partial charge in [0.2, 0.25) is 5.91 Å². The highest BCUT2D eigenvalue weighted by molar-refractivity contribution is 7.18. The first-order chi connectivity index (χ1) is 9.24. The Morgan fingerprint density at radius 1 is 1.47 bits per heavy atom. The molecule has 0 saturated carbocycles. The molecule has 0 bridgehead atoms. The van der Waals surface area contributed by atoms with E-state index in [9.17, 15) is 4.79 Å². The molecule has 4 N–H and O–H groups in total. The second kappa shape index (κ2) is 6.44. The van der Waals surface area contributed by atoms with E-state index in [2.05, 4.69) is 33.6 Å². The van der Waals surface area contributed by atoms with Gasteiger partial charge in [0.05, 0.1) is 11.9 Å². The third-order valence-corrected chi connectivity index (χ3v) is 3.80. The lowest BCUT2D eigenvalue weighted by molar-refractivity contribution is -0.119. The van der Waals surface area contributed by atoms with E-state index in [0.29, 0.717) is 18.9 Å². The third-order valence-electron chi connectivity index (χ3n) is 2.61. The van der Waals surface area contributed by atoms with Crippen LogP contribution in [0.3, 0.4) is 0 Å². The van der Waals surface area contributed by atoms with Gasteiger partial charge < -0.3 is 16.4 Å². The van der Waals surface area contributed by atoms with Crippen LogP contribution in [-0.4, -0.2) is 35.5 Å². The molecule has 0 aliphatic heterocycles. The van der Waals surface area contributed by atoms with Gasteiger partial charge in [-0.3, -0.25) is 4.79 Å². The summed E-state index contributed by atoms with van der Waals surface area (Å²) in [6, 6.07) is 2.07. The zero-order valence-electron chi connectivity index (χ0n) is 10.8. The van der Waals surface area contributed by atoms with Gasteiger partial charge in [-0.05, 0) is 12.5 Å². The summed E-state index contributed by atoms with van der Waals surface area (Å²) < 4.78 is 0. The summed E-state index contributed by atoms with van der Waals surface area (Å²) in [5, 5.41) is 6.70. The number of nitrogens with one attached hydrogen (secondary N) is 2. The molecule has 0 atom stereocenters. The SMILES string of the molecule is CCc1cc2c(NCC(=O)NCCN)ncnc2s1. The van der Waals surface area contributed by atoms with Crippen molar-refractivity contribution in [2.24, 2.45) is 5.73 Å². The Hall–Kier alpha value is -1.73. The first-order valence-corrected chi connectivity index (χ1v) is 7.00. The molecular weight excluding hydrogens is 262 g/mol. The molecule has 0 saturated heterocycles. The van der Waals surface area contributed by atoms with Gasteiger partial charge in [0, 0.05) is 18.0 Å². The molecule has 0 radical (unpaired) electrons. The third kappa shape index (κ3) is 3.39. The van der Waals surface area contributed by atoms with Gasteiger partial charge >= 0.3 is 0 Å². The van der Waals surface area contributed by atoms with Crippen LogP contribution in [0.1, 0.15) is 11.8 Å². The monoisotopic (exact) mass is 279 g/mol. The van der Waals surface area contributed by atoms with E-state index in [-0.39, 0.29) is 12.5 Å². The number of fused-ring (bicyclic) bond motifs is 1. The minimum absolute atomic E-state index is 0.0943. The van der Waals surface area contributed by atoms with Crippen molar-refractivity contribution in [2.75, 3.05) is 25.0 Å². The number of nitrogens with zero attached hydrogens (tertiary/aromatic N) is 2. The van der Waals surface area contributed by atoms with Crippen LogP contribution in [0.25, 0.3) is 10.2 Å². The number of amides is 1. The van der Waals surface area contributed by atoms with E-state index in [1.165, 1.54) is 11.2 Å². The van der Waals surface area contributed by atoms with Gasteiger partial charge in [-0.2, -0.15) is 0 Å². The Labute approximate surface area is 115 Å². The van der Waals surface area contributed by atoms with Crippen LogP contribution in [-0.2, 0) is 11.2 Å². The van der Waals surface area contributed by atoms with E-state index in [4.69, 9.17) is 5.73 Å². The van der Waals surface area contributed by atoms with Crippen LogP contribution < -0.4 is 16.4 Å². The van der Waals surface area contributed by atoms with E-state index in [0.717, 1.165) is 16.6 Å². The van der Waals surface area contributed by atoms with Crippen LogP contribution in [0.4, 0.5) is 5.82 Å². The molecule has 0 fully saturated rings. The van der Waals surface area contributed by atoms with Crippen molar-refractivity contribution in [3.05, 3.63) is 17.3 Å². The molecule has 0 aromatic carbocycles. The number of nitrogens with two attached hydrogens (primary N) is 1. The molecule has 6 nitrogen and oxygen atoms in total. The molecular formula is C12H17N5OS. The summed E-state index contributed by atoms with van der Waals surface area (Å²) in [6.07, 6.45) is 2.48. The van der Waals surface area contributed by atoms with Crippen molar-refractivity contribution in [3.63, 3.8) is 0 Å². The molecule has 19 heavy (non-hydrogen) atoms. The lowest BCUT2D eigenvalue weighted by atomic mass is 10.3. The molecule has 2 heterocycles. The molecule has 0 aliphatic carbocycles. The van der Waals surface area contributed by atoms with Gasteiger partial charge in [-0.1, -0.05) is 6.92 Å². The summed E-state index contributed by atoms with van der Waals surface area (Å²) in [4.78, 5) is 22.1. The lowest BCUT2D eigenvalue weighted by Gasteiger charge is -2.06. The quantitative estimate of drug-likeness (QED) is 0.725. The van der Waals surface area contributed by atoms with Crippen molar-refractivity contribution in [3.8, 4) is 0 Å². The zero-order valence-corrected chi connectivity index (χ0v) is 11.6. The molecule has 102 valence electrons. The predicted octanol–water partition coefficient (Wildman–Crippen LogP) is 0.740. The maximum absolute atomic E-state index is 11.5. The zero-order chi connectivity index (χ0) is 13.7. The average molecular weight is 279 g/mol. The summed E-state index contributed by atoms with van der Waals surface area (Å²) in [7, 11) is 0. The minimum Gasteiger partial charge on any atom is -0.360 e. The minimum atomic E-state index is -0.0943. The van der Waals surface area contributed by atoms with Crippen molar-refractivity contribution >= 4 is 33.3 Å². The van der Waals surface area contributed by atoms with E-state index >= 15 is 0 Å². The molecule has 2 aromatic rings. The average Bonchev–Trinajstić information content (AvgIpc) is 2.86. The van der Waals surface area contributed by atoms with Crippen molar-refractivity contribution in [2.45, 2.75) is 13.3 Å². The van der Waals surface area contributed by atoms with Crippen LogP contribution in [0.15, 0.2) is 12.4 Å². The number of carbonyl (C=O) groups excluding carboxylic acids is 1. The summed E-state index contributed by atoms with van der Waals surface area (Å²) >= 11 is 1.65. The van der Waals surface area contributed by atoms with Gasteiger partial charge in [-0.15, -0.1) is 11.3 Å². The summed E-state index contributed by atoms with van der Waals surface area (Å²) in [5.41, 5.74) is 5.32. The molecule has 0 aliphatic rings. The Morgan fingerprint density at radius 3 is 3.05 bits per heavy atom. The predicted molar refractivity (Wildman–Crippen MR) is 77.3 cm³/mol.